The van der Waals surface area contributed by atoms with E-state index in [4.69, 9.17) is 4.74 Å². The van der Waals surface area contributed by atoms with Crippen LogP contribution in [0.15, 0.2) is 18.2 Å². The third kappa shape index (κ3) is 5.26. The molecule has 23 heavy (non-hydrogen) atoms. The molecule has 0 aliphatic heterocycles. The fourth-order valence-corrected chi connectivity index (χ4v) is 2.34. The van der Waals surface area contributed by atoms with Crippen molar-refractivity contribution in [2.45, 2.75) is 39.8 Å². The van der Waals surface area contributed by atoms with Crippen LogP contribution in [0.5, 0.6) is 5.75 Å². The van der Waals surface area contributed by atoms with E-state index in [-0.39, 0.29) is 11.8 Å². The summed E-state index contributed by atoms with van der Waals surface area (Å²) < 4.78 is 5.38. The van der Waals surface area contributed by atoms with Crippen molar-refractivity contribution in [3.8, 4) is 11.8 Å². The van der Waals surface area contributed by atoms with Gasteiger partial charge in [0.25, 0.3) is 5.91 Å². The quantitative estimate of drug-likeness (QED) is 0.790. The highest BCUT2D eigenvalue weighted by atomic mass is 16.5. The summed E-state index contributed by atoms with van der Waals surface area (Å²) in [6.45, 7) is 8.64. The summed E-state index contributed by atoms with van der Waals surface area (Å²) in [6.07, 6.45) is 0. The lowest BCUT2D eigenvalue weighted by molar-refractivity contribution is -0.885. The topological polar surface area (TPSA) is 66.6 Å². The molecule has 0 bridgehead atoms. The van der Waals surface area contributed by atoms with Crippen molar-refractivity contribution in [1.82, 2.24) is 5.32 Å². The molecule has 0 saturated carbocycles. The molecule has 5 nitrogen and oxygen atoms in total. The van der Waals surface area contributed by atoms with Crippen LogP contribution in [0.25, 0.3) is 0 Å². The fourth-order valence-electron chi connectivity index (χ4n) is 2.34. The first-order valence-corrected chi connectivity index (χ1v) is 7.89. The van der Waals surface area contributed by atoms with Crippen LogP contribution < -0.4 is 15.0 Å². The maximum absolute atomic E-state index is 12.2. The predicted octanol–water partition coefficient (Wildman–Crippen LogP) is 1.07. The number of carbonyl (C=O) groups is 1. The van der Waals surface area contributed by atoms with Crippen LogP contribution in [0.1, 0.15) is 31.9 Å². The number of rotatable bonds is 7. The van der Waals surface area contributed by atoms with Crippen LogP contribution in [-0.4, -0.2) is 32.1 Å². The van der Waals surface area contributed by atoms with E-state index in [2.05, 4.69) is 17.5 Å². The van der Waals surface area contributed by atoms with E-state index in [1.54, 1.807) is 14.0 Å². The minimum Gasteiger partial charge on any atom is -0.496 e. The average molecular weight is 318 g/mol. The molecule has 0 heterocycles. The maximum atomic E-state index is 12.2. The number of carbonyl (C=O) groups excluding carboxylic acids is 1. The van der Waals surface area contributed by atoms with Gasteiger partial charge in [0.1, 0.15) is 17.8 Å². The smallest absolute Gasteiger partial charge is 0.276 e. The van der Waals surface area contributed by atoms with Crippen LogP contribution in [0.2, 0.25) is 0 Å². The molecule has 5 heteroatoms. The summed E-state index contributed by atoms with van der Waals surface area (Å²) in [5.41, 5.74) is 1.40. The minimum absolute atomic E-state index is 0.0497. The van der Waals surface area contributed by atoms with Gasteiger partial charge in [-0.3, -0.25) is 4.79 Å². The van der Waals surface area contributed by atoms with Gasteiger partial charge < -0.3 is 15.0 Å². The maximum Gasteiger partial charge on any atom is 0.276 e. The van der Waals surface area contributed by atoms with Crippen molar-refractivity contribution >= 4 is 5.91 Å². The number of nitrogens with zero attached hydrogens (tertiary/aromatic N) is 1. The van der Waals surface area contributed by atoms with Crippen LogP contribution in [0.4, 0.5) is 0 Å². The molecule has 126 valence electrons. The molecule has 1 aromatic carbocycles. The van der Waals surface area contributed by atoms with Crippen molar-refractivity contribution in [3.63, 3.8) is 0 Å². The number of aryl methyl sites for hydroxylation is 1. The Morgan fingerprint density at radius 3 is 2.65 bits per heavy atom. The third-order valence-electron chi connectivity index (χ3n) is 4.18. The number of amides is 1. The molecule has 0 spiro atoms. The van der Waals surface area contributed by atoms with Gasteiger partial charge in [0.05, 0.1) is 20.2 Å². The summed E-state index contributed by atoms with van der Waals surface area (Å²) in [7, 11) is 3.61. The molecular weight excluding hydrogens is 290 g/mol. The number of benzene rings is 1. The Kier molecular flexibility index (Phi) is 6.59. The molecule has 2 atom stereocenters. The van der Waals surface area contributed by atoms with Gasteiger partial charge in [-0.05, 0) is 31.9 Å². The molecule has 1 amide bonds. The zero-order chi connectivity index (χ0) is 17.6. The standard InChI is InChI=1S/C18H27N3O2/c1-13(2)18(4,12-19)20-17(22)11-21(5)10-15-9-14(3)7-8-16(15)23-6/h7-9,13H,10-11H2,1-6H3,(H,20,22)/p+1/t18-/m1/s1. The van der Waals surface area contributed by atoms with Crippen molar-refractivity contribution in [2.24, 2.45) is 5.92 Å². The summed E-state index contributed by atoms with van der Waals surface area (Å²) in [5.74, 6) is 0.764. The van der Waals surface area contributed by atoms with E-state index in [1.165, 1.54) is 0 Å². The van der Waals surface area contributed by atoms with E-state index in [1.807, 2.05) is 40.0 Å². The van der Waals surface area contributed by atoms with Crippen molar-refractivity contribution in [3.05, 3.63) is 29.3 Å². The van der Waals surface area contributed by atoms with E-state index >= 15 is 0 Å². The summed E-state index contributed by atoms with van der Waals surface area (Å²) in [5, 5.41) is 12.1. The second-order valence-corrected chi connectivity index (χ2v) is 6.64. The molecule has 0 aliphatic carbocycles. The fraction of sp³-hybridized carbons (Fsp3) is 0.556. The molecule has 0 aliphatic rings. The Labute approximate surface area is 139 Å². The lowest BCUT2D eigenvalue weighted by Gasteiger charge is -2.27. The number of likely N-dealkylation sites (N-methyl/N-ethyl adjacent to an activating group) is 1. The van der Waals surface area contributed by atoms with E-state index < -0.39 is 5.54 Å². The number of nitrogens with one attached hydrogen (secondary N) is 2. The molecule has 0 radical (unpaired) electrons. The van der Waals surface area contributed by atoms with Gasteiger partial charge in [-0.25, -0.2) is 0 Å². The molecule has 0 fully saturated rings. The van der Waals surface area contributed by atoms with Crippen LogP contribution in [0.3, 0.4) is 0 Å². The predicted molar refractivity (Wildman–Crippen MR) is 90.2 cm³/mol. The zero-order valence-corrected chi connectivity index (χ0v) is 15.0. The second-order valence-electron chi connectivity index (χ2n) is 6.64. The first-order valence-electron chi connectivity index (χ1n) is 7.89. The van der Waals surface area contributed by atoms with Gasteiger partial charge in [0.2, 0.25) is 0 Å². The Hall–Kier alpha value is -2.06. The molecule has 1 aromatic rings. The lowest BCUT2D eigenvalue weighted by Crippen LogP contribution is -3.09. The van der Waals surface area contributed by atoms with Crippen molar-refractivity contribution in [1.29, 1.82) is 5.26 Å². The number of hydrogen-bond acceptors (Lipinski definition) is 3. The Bertz CT molecular complexity index is 592. The van der Waals surface area contributed by atoms with E-state index in [0.717, 1.165) is 21.8 Å². The SMILES string of the molecule is COc1ccc(C)cc1C[NH+](C)CC(=O)N[C@](C)(C#N)C(C)C. The number of hydrogen-bond donors (Lipinski definition) is 2. The first-order chi connectivity index (χ1) is 10.7. The Morgan fingerprint density at radius 1 is 1.48 bits per heavy atom. The van der Waals surface area contributed by atoms with Gasteiger partial charge in [-0.2, -0.15) is 5.26 Å². The number of methoxy groups -OCH3 is 1. The van der Waals surface area contributed by atoms with Gasteiger partial charge in [0.15, 0.2) is 6.54 Å². The van der Waals surface area contributed by atoms with Gasteiger partial charge in [-0.15, -0.1) is 0 Å². The average Bonchev–Trinajstić information content (AvgIpc) is 2.46. The van der Waals surface area contributed by atoms with Crippen molar-refractivity contribution in [2.75, 3.05) is 20.7 Å². The first kappa shape index (κ1) is 19.0. The van der Waals surface area contributed by atoms with Gasteiger partial charge in [0, 0.05) is 5.56 Å². The van der Waals surface area contributed by atoms with Gasteiger partial charge >= 0.3 is 0 Å². The Morgan fingerprint density at radius 2 is 2.13 bits per heavy atom. The number of quaternary nitrogens is 1. The highest BCUT2D eigenvalue weighted by Crippen LogP contribution is 2.18. The molecule has 1 unspecified atom stereocenters. The van der Waals surface area contributed by atoms with Crippen LogP contribution >= 0.6 is 0 Å². The normalized spacial score (nSPS) is 14.7. The van der Waals surface area contributed by atoms with Crippen molar-refractivity contribution < 1.29 is 14.4 Å². The van der Waals surface area contributed by atoms with Crippen LogP contribution in [0, 0.1) is 24.2 Å². The minimum atomic E-state index is -0.835. The highest BCUT2D eigenvalue weighted by molar-refractivity contribution is 5.78. The Balaban J connectivity index is 2.70. The molecule has 0 saturated heterocycles. The molecule has 2 N–H and O–H groups in total. The largest absolute Gasteiger partial charge is 0.496 e. The van der Waals surface area contributed by atoms with Crippen LogP contribution in [-0.2, 0) is 11.3 Å². The summed E-state index contributed by atoms with van der Waals surface area (Å²) >= 11 is 0. The number of ether oxygens (including phenoxy) is 1. The number of nitriles is 1. The summed E-state index contributed by atoms with van der Waals surface area (Å²) in [4.78, 5) is 13.3. The van der Waals surface area contributed by atoms with E-state index in [0.29, 0.717) is 13.1 Å². The monoisotopic (exact) mass is 318 g/mol. The van der Waals surface area contributed by atoms with E-state index in [9.17, 15) is 10.1 Å². The zero-order valence-electron chi connectivity index (χ0n) is 15.0. The lowest BCUT2D eigenvalue weighted by atomic mass is 9.90. The third-order valence-corrected chi connectivity index (χ3v) is 4.18. The molecular formula is C18H28N3O2+. The molecule has 0 aromatic heterocycles. The van der Waals surface area contributed by atoms with Gasteiger partial charge in [-0.1, -0.05) is 25.5 Å². The highest BCUT2D eigenvalue weighted by Gasteiger charge is 2.30. The molecule has 1 rings (SSSR count). The second kappa shape index (κ2) is 7.98. The summed E-state index contributed by atoms with van der Waals surface area (Å²) in [6, 6.07) is 8.23.